The quantitative estimate of drug-likeness (QED) is 0.305. The lowest BCUT2D eigenvalue weighted by Gasteiger charge is -2.27. The molecule has 0 heterocycles. The van der Waals surface area contributed by atoms with Gasteiger partial charge in [-0.25, -0.2) is 9.78 Å². The summed E-state index contributed by atoms with van der Waals surface area (Å²) in [6.45, 7) is 11.8. The lowest BCUT2D eigenvalue weighted by Crippen LogP contribution is -2.38. The van der Waals surface area contributed by atoms with Gasteiger partial charge >= 0.3 is 0 Å². The topological polar surface area (TPSA) is 44.8 Å². The maximum Gasteiger partial charge on any atom is 0.197 e. The van der Waals surface area contributed by atoms with Gasteiger partial charge in [0, 0.05) is 5.56 Å². The zero-order valence-corrected chi connectivity index (χ0v) is 14.6. The van der Waals surface area contributed by atoms with Crippen molar-refractivity contribution >= 4 is 5.78 Å². The van der Waals surface area contributed by atoms with E-state index in [1.807, 2.05) is 32.9 Å². The molecule has 0 atom stereocenters. The Morgan fingerprint density at radius 2 is 1.59 bits per heavy atom. The molecule has 4 heteroatoms. The SMILES string of the molecule is CCCCOc1ccc(C(=O)C(C)(C)OOC(C)(C)C)cc1. The molecule has 0 aliphatic carbocycles. The van der Waals surface area contributed by atoms with Crippen molar-refractivity contribution in [3.05, 3.63) is 29.8 Å². The molecular weight excluding hydrogens is 280 g/mol. The second kappa shape index (κ2) is 7.75. The third-order valence-corrected chi connectivity index (χ3v) is 2.93. The fraction of sp³-hybridized carbons (Fsp3) is 0.611. The summed E-state index contributed by atoms with van der Waals surface area (Å²) in [4.78, 5) is 23.1. The molecule has 1 aromatic carbocycles. The Labute approximate surface area is 133 Å². The summed E-state index contributed by atoms with van der Waals surface area (Å²) in [6, 6.07) is 7.13. The highest BCUT2D eigenvalue weighted by atomic mass is 17.2. The summed E-state index contributed by atoms with van der Waals surface area (Å²) < 4.78 is 5.59. The van der Waals surface area contributed by atoms with Crippen LogP contribution in [0.2, 0.25) is 0 Å². The first kappa shape index (κ1) is 18.7. The Bertz CT molecular complexity index is 469. The number of carbonyl (C=O) groups excluding carboxylic acids is 1. The van der Waals surface area contributed by atoms with E-state index in [9.17, 15) is 4.79 Å². The maximum absolute atomic E-state index is 12.5. The minimum absolute atomic E-state index is 0.128. The Morgan fingerprint density at radius 3 is 2.09 bits per heavy atom. The second-order valence-electron chi connectivity index (χ2n) is 6.84. The van der Waals surface area contributed by atoms with Gasteiger partial charge in [0.2, 0.25) is 0 Å². The molecule has 0 bridgehead atoms. The van der Waals surface area contributed by atoms with Crippen LogP contribution < -0.4 is 4.74 Å². The number of hydrogen-bond acceptors (Lipinski definition) is 4. The summed E-state index contributed by atoms with van der Waals surface area (Å²) in [7, 11) is 0. The fourth-order valence-corrected chi connectivity index (χ4v) is 1.65. The second-order valence-corrected chi connectivity index (χ2v) is 6.84. The monoisotopic (exact) mass is 308 g/mol. The van der Waals surface area contributed by atoms with Crippen molar-refractivity contribution in [2.24, 2.45) is 0 Å². The Balaban J connectivity index is 2.67. The van der Waals surface area contributed by atoms with Crippen LogP contribution in [0.4, 0.5) is 0 Å². The minimum atomic E-state index is -1.04. The molecule has 0 saturated carbocycles. The number of hydrogen-bond donors (Lipinski definition) is 0. The molecule has 22 heavy (non-hydrogen) atoms. The predicted octanol–water partition coefficient (Wildman–Crippen LogP) is 4.57. The van der Waals surface area contributed by atoms with E-state index in [-0.39, 0.29) is 5.78 Å². The summed E-state index contributed by atoms with van der Waals surface area (Å²) >= 11 is 0. The van der Waals surface area contributed by atoms with E-state index in [4.69, 9.17) is 14.5 Å². The molecule has 0 aliphatic rings. The van der Waals surface area contributed by atoms with Gasteiger partial charge in [0.15, 0.2) is 11.4 Å². The zero-order valence-electron chi connectivity index (χ0n) is 14.6. The molecule has 4 nitrogen and oxygen atoms in total. The van der Waals surface area contributed by atoms with E-state index < -0.39 is 11.2 Å². The van der Waals surface area contributed by atoms with Crippen LogP contribution in [-0.2, 0) is 9.78 Å². The molecule has 1 aromatic rings. The molecule has 0 unspecified atom stereocenters. The van der Waals surface area contributed by atoms with Crippen LogP contribution in [0.5, 0.6) is 5.75 Å². The molecule has 0 aromatic heterocycles. The van der Waals surface area contributed by atoms with Gasteiger partial charge < -0.3 is 4.74 Å². The first-order valence-corrected chi connectivity index (χ1v) is 7.80. The molecular formula is C18H28O4. The summed E-state index contributed by atoms with van der Waals surface area (Å²) in [6.07, 6.45) is 2.11. The molecule has 0 N–H and O–H groups in total. The Morgan fingerprint density at radius 1 is 1.00 bits per heavy atom. The number of carbonyl (C=O) groups is 1. The average Bonchev–Trinajstić information content (AvgIpc) is 2.45. The normalized spacial score (nSPS) is 12.3. The van der Waals surface area contributed by atoms with Crippen molar-refractivity contribution in [1.82, 2.24) is 0 Å². The molecule has 0 amide bonds. The van der Waals surface area contributed by atoms with Crippen LogP contribution >= 0.6 is 0 Å². The standard InChI is InChI=1S/C18H28O4/c1-7-8-13-20-15-11-9-14(10-12-15)16(19)18(5,6)22-21-17(2,3)4/h9-12H,7-8,13H2,1-6H3. The van der Waals surface area contributed by atoms with Crippen molar-refractivity contribution in [2.75, 3.05) is 6.61 Å². The van der Waals surface area contributed by atoms with Crippen LogP contribution in [0, 0.1) is 0 Å². The number of ether oxygens (including phenoxy) is 1. The van der Waals surface area contributed by atoms with E-state index >= 15 is 0 Å². The van der Waals surface area contributed by atoms with E-state index in [0.29, 0.717) is 12.2 Å². The first-order valence-electron chi connectivity index (χ1n) is 7.80. The van der Waals surface area contributed by atoms with Crippen LogP contribution in [0.3, 0.4) is 0 Å². The molecule has 0 radical (unpaired) electrons. The zero-order chi connectivity index (χ0) is 16.8. The van der Waals surface area contributed by atoms with Crippen LogP contribution in [0.1, 0.15) is 64.7 Å². The summed E-state index contributed by atoms with van der Waals surface area (Å²) in [5.41, 5.74) is -0.933. The van der Waals surface area contributed by atoms with Crippen LogP contribution in [-0.4, -0.2) is 23.6 Å². The minimum Gasteiger partial charge on any atom is -0.494 e. The first-order chi connectivity index (χ1) is 10.2. The summed E-state index contributed by atoms with van der Waals surface area (Å²) in [5.74, 6) is 0.645. The van der Waals surface area contributed by atoms with Crippen LogP contribution in [0.25, 0.3) is 0 Å². The largest absolute Gasteiger partial charge is 0.494 e. The number of Topliss-reactive ketones (excluding diaryl/α,β-unsaturated/α-hetero) is 1. The highest BCUT2D eigenvalue weighted by molar-refractivity contribution is 6.01. The van der Waals surface area contributed by atoms with Crippen LogP contribution in [0.15, 0.2) is 24.3 Å². The van der Waals surface area contributed by atoms with Crippen molar-refractivity contribution in [2.45, 2.75) is 65.6 Å². The fourth-order valence-electron chi connectivity index (χ4n) is 1.65. The van der Waals surface area contributed by atoms with Gasteiger partial charge in [-0.2, -0.15) is 0 Å². The van der Waals surface area contributed by atoms with Crippen molar-refractivity contribution in [3.63, 3.8) is 0 Å². The third-order valence-electron chi connectivity index (χ3n) is 2.93. The van der Waals surface area contributed by atoms with E-state index in [0.717, 1.165) is 18.6 Å². The molecule has 124 valence electrons. The maximum atomic E-state index is 12.5. The van der Waals surface area contributed by atoms with Crippen molar-refractivity contribution in [1.29, 1.82) is 0 Å². The number of unbranched alkanes of at least 4 members (excludes halogenated alkanes) is 1. The van der Waals surface area contributed by atoms with Gasteiger partial charge in [0.1, 0.15) is 5.75 Å². The number of ketones is 1. The van der Waals surface area contributed by atoms with Gasteiger partial charge in [-0.15, -0.1) is 0 Å². The van der Waals surface area contributed by atoms with Gasteiger partial charge in [0.25, 0.3) is 0 Å². The highest BCUT2D eigenvalue weighted by Gasteiger charge is 2.32. The Kier molecular flexibility index (Phi) is 6.57. The number of benzene rings is 1. The van der Waals surface area contributed by atoms with Gasteiger partial charge in [0.05, 0.1) is 12.2 Å². The molecule has 0 aliphatic heterocycles. The smallest absolute Gasteiger partial charge is 0.197 e. The van der Waals surface area contributed by atoms with Gasteiger partial charge in [-0.05, 0) is 65.3 Å². The average molecular weight is 308 g/mol. The predicted molar refractivity (Wildman–Crippen MR) is 87.2 cm³/mol. The van der Waals surface area contributed by atoms with Crippen molar-refractivity contribution in [3.8, 4) is 5.75 Å². The van der Waals surface area contributed by atoms with Gasteiger partial charge in [-0.1, -0.05) is 13.3 Å². The van der Waals surface area contributed by atoms with Crippen molar-refractivity contribution < 1.29 is 19.3 Å². The lowest BCUT2D eigenvalue weighted by atomic mass is 9.97. The van der Waals surface area contributed by atoms with E-state index in [1.165, 1.54) is 0 Å². The van der Waals surface area contributed by atoms with Gasteiger partial charge in [-0.3, -0.25) is 4.79 Å². The molecule has 0 spiro atoms. The highest BCUT2D eigenvalue weighted by Crippen LogP contribution is 2.22. The van der Waals surface area contributed by atoms with E-state index in [2.05, 4.69) is 6.92 Å². The lowest BCUT2D eigenvalue weighted by molar-refractivity contribution is -0.383. The molecule has 1 rings (SSSR count). The molecule has 0 fully saturated rings. The molecule has 0 saturated heterocycles. The van der Waals surface area contributed by atoms with E-state index in [1.54, 1.807) is 26.0 Å². The number of rotatable bonds is 8. The third kappa shape index (κ3) is 6.16. The summed E-state index contributed by atoms with van der Waals surface area (Å²) in [5, 5.41) is 0. The Hall–Kier alpha value is -1.39.